The monoisotopic (exact) mass is 478 g/mol. The van der Waals surface area contributed by atoms with Gasteiger partial charge in [-0.15, -0.1) is 0 Å². The van der Waals surface area contributed by atoms with Crippen molar-refractivity contribution in [3.8, 4) is 11.5 Å². The Labute approximate surface area is 202 Å². The molecular formula is C26H23ClN2O5. The molecule has 1 fully saturated rings. The van der Waals surface area contributed by atoms with E-state index in [-0.39, 0.29) is 34.2 Å². The second-order valence-corrected chi connectivity index (χ2v) is 8.24. The van der Waals surface area contributed by atoms with Crippen LogP contribution < -0.4 is 9.47 Å². The lowest BCUT2D eigenvalue weighted by molar-refractivity contribution is -0.140. The van der Waals surface area contributed by atoms with E-state index in [1.54, 1.807) is 18.5 Å². The number of hydrogen-bond donors (Lipinski definition) is 1. The van der Waals surface area contributed by atoms with Crippen molar-refractivity contribution in [2.75, 3.05) is 14.2 Å². The number of hydrogen-bond acceptors (Lipinski definition) is 6. The average Bonchev–Trinajstić information content (AvgIpc) is 3.09. The van der Waals surface area contributed by atoms with Crippen LogP contribution in [0, 0.1) is 6.92 Å². The Balaban J connectivity index is 1.94. The molecule has 174 valence electrons. The Morgan fingerprint density at radius 2 is 1.82 bits per heavy atom. The largest absolute Gasteiger partial charge is 0.507 e. The maximum atomic E-state index is 13.3. The Hall–Kier alpha value is -3.84. The van der Waals surface area contributed by atoms with Crippen LogP contribution in [0.2, 0.25) is 5.02 Å². The van der Waals surface area contributed by atoms with E-state index in [2.05, 4.69) is 4.98 Å². The molecule has 1 aliphatic rings. The molecular weight excluding hydrogens is 456 g/mol. The fraction of sp³-hybridized carbons (Fsp3) is 0.192. The molecule has 0 radical (unpaired) electrons. The predicted octanol–water partition coefficient (Wildman–Crippen LogP) is 4.68. The molecule has 1 unspecified atom stereocenters. The molecule has 1 N–H and O–H groups in total. The van der Waals surface area contributed by atoms with Gasteiger partial charge in [0.2, 0.25) is 0 Å². The number of carbonyl (C=O) groups is 2. The van der Waals surface area contributed by atoms with Gasteiger partial charge < -0.3 is 19.5 Å². The molecule has 1 atom stereocenters. The summed E-state index contributed by atoms with van der Waals surface area (Å²) in [6.45, 7) is 2.04. The number of aromatic nitrogens is 1. The Morgan fingerprint density at radius 1 is 1.09 bits per heavy atom. The van der Waals surface area contributed by atoms with E-state index in [1.807, 2.05) is 37.3 Å². The fourth-order valence-corrected chi connectivity index (χ4v) is 4.38. The van der Waals surface area contributed by atoms with Crippen LogP contribution in [0.5, 0.6) is 11.5 Å². The summed E-state index contributed by atoms with van der Waals surface area (Å²) in [5.41, 5.74) is 2.50. The second-order valence-electron chi connectivity index (χ2n) is 7.83. The van der Waals surface area contributed by atoms with Crippen molar-refractivity contribution in [1.29, 1.82) is 0 Å². The molecule has 1 aliphatic heterocycles. The number of pyridine rings is 1. The lowest BCUT2D eigenvalue weighted by Gasteiger charge is -2.26. The van der Waals surface area contributed by atoms with Gasteiger partial charge in [0.05, 0.1) is 36.4 Å². The van der Waals surface area contributed by atoms with Crippen molar-refractivity contribution >= 4 is 29.1 Å². The van der Waals surface area contributed by atoms with Crippen molar-refractivity contribution in [3.63, 3.8) is 0 Å². The van der Waals surface area contributed by atoms with Crippen LogP contribution in [0.1, 0.15) is 28.3 Å². The third-order valence-electron chi connectivity index (χ3n) is 5.83. The first-order chi connectivity index (χ1) is 16.4. The van der Waals surface area contributed by atoms with Gasteiger partial charge in [0.15, 0.2) is 0 Å². The molecule has 0 bridgehead atoms. The van der Waals surface area contributed by atoms with Crippen LogP contribution in [-0.4, -0.2) is 40.9 Å². The number of ketones is 1. The van der Waals surface area contributed by atoms with E-state index in [0.717, 1.165) is 16.7 Å². The normalized spacial score (nSPS) is 17.2. The number of nitrogens with zero attached hydrogens (tertiary/aromatic N) is 2. The Morgan fingerprint density at radius 3 is 2.47 bits per heavy atom. The third kappa shape index (κ3) is 4.10. The molecule has 34 heavy (non-hydrogen) atoms. The van der Waals surface area contributed by atoms with Crippen LogP contribution in [-0.2, 0) is 16.1 Å². The van der Waals surface area contributed by atoms with Gasteiger partial charge in [-0.1, -0.05) is 41.9 Å². The lowest BCUT2D eigenvalue weighted by atomic mass is 9.92. The first kappa shape index (κ1) is 23.3. The molecule has 2 heterocycles. The van der Waals surface area contributed by atoms with Gasteiger partial charge in [-0.25, -0.2) is 0 Å². The summed E-state index contributed by atoms with van der Waals surface area (Å²) in [4.78, 5) is 32.1. The number of aliphatic hydroxyl groups is 1. The number of methoxy groups -OCH3 is 2. The molecule has 2 aromatic carbocycles. The highest BCUT2D eigenvalue weighted by molar-refractivity contribution is 6.46. The maximum Gasteiger partial charge on any atom is 0.295 e. The first-order valence-electron chi connectivity index (χ1n) is 10.5. The number of carbonyl (C=O) groups excluding carboxylic acids is 2. The van der Waals surface area contributed by atoms with Gasteiger partial charge in [-0.05, 0) is 35.7 Å². The van der Waals surface area contributed by atoms with Crippen LogP contribution in [0.25, 0.3) is 5.76 Å². The zero-order chi connectivity index (χ0) is 24.4. The average molecular weight is 479 g/mol. The highest BCUT2D eigenvalue weighted by atomic mass is 35.5. The van der Waals surface area contributed by atoms with Crippen LogP contribution in [0.4, 0.5) is 0 Å². The summed E-state index contributed by atoms with van der Waals surface area (Å²) >= 11 is 6.31. The number of aliphatic hydroxyl groups excluding tert-OH is 1. The quantitative estimate of drug-likeness (QED) is 0.314. The number of rotatable bonds is 6. The van der Waals surface area contributed by atoms with Crippen molar-refractivity contribution in [2.24, 2.45) is 0 Å². The number of ether oxygens (including phenoxy) is 2. The minimum atomic E-state index is -0.813. The third-order valence-corrected chi connectivity index (χ3v) is 6.12. The van der Waals surface area contributed by atoms with E-state index in [1.165, 1.54) is 31.3 Å². The number of aryl methyl sites for hydroxylation is 1. The van der Waals surface area contributed by atoms with Crippen molar-refractivity contribution < 1.29 is 24.2 Å². The summed E-state index contributed by atoms with van der Waals surface area (Å²) in [5.74, 6) is -1.27. The van der Waals surface area contributed by atoms with E-state index >= 15 is 0 Å². The molecule has 3 aromatic rings. The number of benzene rings is 2. The maximum absolute atomic E-state index is 13.3. The van der Waals surface area contributed by atoms with Crippen molar-refractivity contribution in [3.05, 3.63) is 93.8 Å². The molecule has 1 saturated heterocycles. The van der Waals surface area contributed by atoms with Crippen molar-refractivity contribution in [1.82, 2.24) is 9.88 Å². The molecule has 0 spiro atoms. The van der Waals surface area contributed by atoms with E-state index in [0.29, 0.717) is 5.75 Å². The minimum Gasteiger partial charge on any atom is -0.507 e. The second kappa shape index (κ2) is 9.57. The molecule has 1 aromatic heterocycles. The standard InChI is InChI=1S/C26H23ClN2O5/c1-15-7-4-5-9-17(15)23-22(24(30)18-11-19(27)21(34-3)12-20(18)33-2)25(31)26(32)29(23)14-16-8-6-10-28-13-16/h4-13,23,30H,14H2,1-3H3/b24-22+. The zero-order valence-corrected chi connectivity index (χ0v) is 19.7. The van der Waals surface area contributed by atoms with Crippen LogP contribution >= 0.6 is 11.6 Å². The lowest BCUT2D eigenvalue weighted by Crippen LogP contribution is -2.29. The minimum absolute atomic E-state index is 0.0391. The highest BCUT2D eigenvalue weighted by Gasteiger charge is 2.46. The van der Waals surface area contributed by atoms with Gasteiger partial charge >= 0.3 is 0 Å². The van der Waals surface area contributed by atoms with Gasteiger partial charge in [-0.3, -0.25) is 14.6 Å². The summed E-state index contributed by atoms with van der Waals surface area (Å²) < 4.78 is 10.7. The molecule has 7 nitrogen and oxygen atoms in total. The van der Waals surface area contributed by atoms with E-state index < -0.39 is 17.7 Å². The molecule has 0 aliphatic carbocycles. The van der Waals surface area contributed by atoms with E-state index in [4.69, 9.17) is 21.1 Å². The Bertz CT molecular complexity index is 1290. The van der Waals surface area contributed by atoms with Gasteiger partial charge in [0.25, 0.3) is 11.7 Å². The predicted molar refractivity (Wildman–Crippen MR) is 128 cm³/mol. The SMILES string of the molecule is COc1cc(OC)c(/C(O)=C2\C(=O)C(=O)N(Cc3cccnc3)C2c2ccccc2C)cc1Cl. The van der Waals surface area contributed by atoms with Gasteiger partial charge in [0.1, 0.15) is 17.3 Å². The van der Waals surface area contributed by atoms with Crippen molar-refractivity contribution in [2.45, 2.75) is 19.5 Å². The number of amides is 1. The molecule has 1 amide bonds. The Kier molecular flexibility index (Phi) is 6.56. The number of likely N-dealkylation sites (tertiary alicyclic amines) is 1. The smallest absolute Gasteiger partial charge is 0.295 e. The zero-order valence-electron chi connectivity index (χ0n) is 18.9. The molecule has 8 heteroatoms. The highest BCUT2D eigenvalue weighted by Crippen LogP contribution is 2.44. The van der Waals surface area contributed by atoms with Crippen LogP contribution in [0.3, 0.4) is 0 Å². The van der Waals surface area contributed by atoms with Gasteiger partial charge in [0, 0.05) is 25.0 Å². The summed E-state index contributed by atoms with van der Waals surface area (Å²) in [6.07, 6.45) is 3.27. The number of halogens is 1. The molecule has 4 rings (SSSR count). The van der Waals surface area contributed by atoms with E-state index in [9.17, 15) is 14.7 Å². The first-order valence-corrected chi connectivity index (χ1v) is 10.9. The summed E-state index contributed by atoms with van der Waals surface area (Å²) in [7, 11) is 2.89. The topological polar surface area (TPSA) is 89.0 Å². The molecule has 0 saturated carbocycles. The summed E-state index contributed by atoms with van der Waals surface area (Å²) in [6, 6.07) is 13.2. The van der Waals surface area contributed by atoms with Gasteiger partial charge in [-0.2, -0.15) is 0 Å². The summed E-state index contributed by atoms with van der Waals surface area (Å²) in [5, 5.41) is 11.6. The van der Waals surface area contributed by atoms with Crippen LogP contribution in [0.15, 0.2) is 66.5 Å². The fourth-order valence-electron chi connectivity index (χ4n) is 4.14. The number of Topliss-reactive ketones (excluding diaryl/α,β-unsaturated/α-hetero) is 1.